The van der Waals surface area contributed by atoms with Gasteiger partial charge in [0.2, 0.25) is 6.79 Å². The Kier molecular flexibility index (Phi) is 3.17. The molecule has 0 aliphatic carbocycles. The second-order valence-corrected chi connectivity index (χ2v) is 4.95. The third kappa shape index (κ3) is 2.13. The fourth-order valence-corrected chi connectivity index (χ4v) is 1.64. The number of nitrogens with two attached hydrogens (primary N) is 1. The molecule has 5 nitrogen and oxygen atoms in total. The molecule has 0 atom stereocenters. The second-order valence-electron chi connectivity index (χ2n) is 4.95. The Balaban J connectivity index is 2.24. The van der Waals surface area contributed by atoms with Gasteiger partial charge in [-0.25, -0.2) is 0 Å². The Morgan fingerprint density at radius 3 is 2.72 bits per heavy atom. The maximum absolute atomic E-state index is 12.3. The van der Waals surface area contributed by atoms with Crippen LogP contribution in [0.2, 0.25) is 0 Å². The highest BCUT2D eigenvalue weighted by Crippen LogP contribution is 2.33. The summed E-state index contributed by atoms with van der Waals surface area (Å²) < 4.78 is 10.5. The van der Waals surface area contributed by atoms with E-state index in [4.69, 9.17) is 15.2 Å². The molecule has 0 spiro atoms. The van der Waals surface area contributed by atoms with Gasteiger partial charge in [-0.15, -0.1) is 0 Å². The summed E-state index contributed by atoms with van der Waals surface area (Å²) in [6.07, 6.45) is 0. The minimum absolute atomic E-state index is 0.0799. The Bertz CT molecular complexity index is 471. The molecule has 0 unspecified atom stereocenters. The normalized spacial score (nSPS) is 13.6. The monoisotopic (exact) mass is 250 g/mol. The van der Waals surface area contributed by atoms with Crippen molar-refractivity contribution in [1.29, 1.82) is 0 Å². The molecule has 98 valence electrons. The predicted octanol–water partition coefficient (Wildman–Crippen LogP) is 1.22. The average Bonchev–Trinajstić information content (AvgIpc) is 2.84. The van der Waals surface area contributed by atoms with Gasteiger partial charge in [0.15, 0.2) is 11.5 Å². The zero-order valence-electron chi connectivity index (χ0n) is 10.9. The summed E-state index contributed by atoms with van der Waals surface area (Å²) in [5.74, 6) is 1.20. The van der Waals surface area contributed by atoms with E-state index in [0.29, 0.717) is 23.6 Å². The van der Waals surface area contributed by atoms with Crippen molar-refractivity contribution in [2.75, 3.05) is 20.4 Å². The first-order valence-electron chi connectivity index (χ1n) is 5.83. The summed E-state index contributed by atoms with van der Waals surface area (Å²) in [6, 6.07) is 5.19. The van der Waals surface area contributed by atoms with E-state index in [0.717, 1.165) is 0 Å². The fraction of sp³-hybridized carbons (Fsp3) is 0.462. The van der Waals surface area contributed by atoms with Crippen LogP contribution < -0.4 is 15.2 Å². The van der Waals surface area contributed by atoms with Gasteiger partial charge < -0.3 is 20.1 Å². The van der Waals surface area contributed by atoms with Crippen LogP contribution in [0.25, 0.3) is 0 Å². The molecule has 1 aromatic carbocycles. The van der Waals surface area contributed by atoms with Gasteiger partial charge in [-0.05, 0) is 32.0 Å². The molecule has 2 rings (SSSR count). The van der Waals surface area contributed by atoms with E-state index in [2.05, 4.69) is 0 Å². The average molecular weight is 250 g/mol. The van der Waals surface area contributed by atoms with Crippen LogP contribution in [0.15, 0.2) is 18.2 Å². The number of ether oxygens (including phenoxy) is 2. The van der Waals surface area contributed by atoms with E-state index >= 15 is 0 Å². The summed E-state index contributed by atoms with van der Waals surface area (Å²) in [4.78, 5) is 14.0. The highest BCUT2D eigenvalue weighted by molar-refractivity contribution is 5.95. The van der Waals surface area contributed by atoms with Crippen molar-refractivity contribution in [3.8, 4) is 11.5 Å². The third-order valence-electron chi connectivity index (χ3n) is 3.33. The van der Waals surface area contributed by atoms with Crippen molar-refractivity contribution >= 4 is 5.91 Å². The van der Waals surface area contributed by atoms with Gasteiger partial charge in [-0.1, -0.05) is 0 Å². The number of fused-ring (bicyclic) bond motifs is 1. The summed E-state index contributed by atoms with van der Waals surface area (Å²) in [6.45, 7) is 4.46. The van der Waals surface area contributed by atoms with Crippen molar-refractivity contribution in [3.63, 3.8) is 0 Å². The van der Waals surface area contributed by atoms with E-state index in [9.17, 15) is 4.79 Å². The van der Waals surface area contributed by atoms with Crippen LogP contribution in [0.1, 0.15) is 24.2 Å². The summed E-state index contributed by atoms with van der Waals surface area (Å²) in [7, 11) is 1.75. The van der Waals surface area contributed by atoms with Gasteiger partial charge in [-0.3, -0.25) is 4.79 Å². The van der Waals surface area contributed by atoms with Crippen LogP contribution in [-0.2, 0) is 0 Å². The molecule has 0 fully saturated rings. The van der Waals surface area contributed by atoms with Crippen molar-refractivity contribution in [2.24, 2.45) is 5.73 Å². The quantitative estimate of drug-likeness (QED) is 0.876. The number of hydrogen-bond donors (Lipinski definition) is 1. The zero-order chi connectivity index (χ0) is 13.3. The van der Waals surface area contributed by atoms with E-state index in [-0.39, 0.29) is 18.2 Å². The minimum atomic E-state index is -0.381. The van der Waals surface area contributed by atoms with Crippen molar-refractivity contribution < 1.29 is 14.3 Å². The Hall–Kier alpha value is -1.75. The van der Waals surface area contributed by atoms with Crippen LogP contribution in [0.3, 0.4) is 0 Å². The molecule has 1 aromatic rings. The molecule has 1 heterocycles. The number of nitrogens with zero attached hydrogens (tertiary/aromatic N) is 1. The molecule has 1 amide bonds. The van der Waals surface area contributed by atoms with Crippen LogP contribution in [0.5, 0.6) is 11.5 Å². The lowest BCUT2D eigenvalue weighted by atomic mass is 10.0. The van der Waals surface area contributed by atoms with Crippen LogP contribution in [0, 0.1) is 0 Å². The molecule has 1 aliphatic rings. The van der Waals surface area contributed by atoms with Crippen LogP contribution in [-0.4, -0.2) is 36.7 Å². The first kappa shape index (κ1) is 12.7. The molecule has 18 heavy (non-hydrogen) atoms. The maximum atomic E-state index is 12.3. The number of carbonyl (C=O) groups excluding carboxylic acids is 1. The largest absolute Gasteiger partial charge is 0.454 e. The fourth-order valence-electron chi connectivity index (χ4n) is 1.64. The first-order valence-corrected chi connectivity index (χ1v) is 5.83. The SMILES string of the molecule is CN(C(=O)c1ccc2c(c1)OCO2)C(C)(C)CN. The summed E-state index contributed by atoms with van der Waals surface area (Å²) in [5.41, 5.74) is 5.87. The maximum Gasteiger partial charge on any atom is 0.254 e. The highest BCUT2D eigenvalue weighted by atomic mass is 16.7. The van der Waals surface area contributed by atoms with Crippen LogP contribution in [0.4, 0.5) is 0 Å². The predicted molar refractivity (Wildman–Crippen MR) is 67.8 cm³/mol. The van der Waals surface area contributed by atoms with Gasteiger partial charge in [0.05, 0.1) is 0 Å². The smallest absolute Gasteiger partial charge is 0.254 e. The molecular weight excluding hydrogens is 232 g/mol. The van der Waals surface area contributed by atoms with Gasteiger partial charge in [-0.2, -0.15) is 0 Å². The minimum Gasteiger partial charge on any atom is -0.454 e. The Labute approximate surface area is 106 Å². The van der Waals surface area contributed by atoms with Gasteiger partial charge in [0.25, 0.3) is 5.91 Å². The molecule has 0 saturated carbocycles. The number of rotatable bonds is 3. The van der Waals surface area contributed by atoms with Gasteiger partial charge >= 0.3 is 0 Å². The summed E-state index contributed by atoms with van der Waals surface area (Å²) >= 11 is 0. The zero-order valence-corrected chi connectivity index (χ0v) is 10.9. The van der Waals surface area contributed by atoms with E-state index in [1.807, 2.05) is 13.8 Å². The Morgan fingerprint density at radius 2 is 2.06 bits per heavy atom. The topological polar surface area (TPSA) is 64.8 Å². The van der Waals surface area contributed by atoms with Crippen molar-refractivity contribution in [1.82, 2.24) is 4.90 Å². The molecule has 0 saturated heterocycles. The van der Waals surface area contributed by atoms with Crippen LogP contribution >= 0.6 is 0 Å². The van der Waals surface area contributed by atoms with E-state index < -0.39 is 0 Å². The number of amides is 1. The lowest BCUT2D eigenvalue weighted by molar-refractivity contribution is 0.0640. The molecule has 2 N–H and O–H groups in total. The molecule has 0 aromatic heterocycles. The van der Waals surface area contributed by atoms with Gasteiger partial charge in [0.1, 0.15) is 0 Å². The number of carbonyl (C=O) groups is 1. The Morgan fingerprint density at radius 1 is 1.39 bits per heavy atom. The molecule has 1 aliphatic heterocycles. The molecular formula is C13H18N2O3. The lowest BCUT2D eigenvalue weighted by Gasteiger charge is -2.34. The molecule has 0 bridgehead atoms. The summed E-state index contributed by atoms with van der Waals surface area (Å²) in [5, 5.41) is 0. The number of likely N-dealkylation sites (N-methyl/N-ethyl adjacent to an activating group) is 1. The van der Waals surface area contributed by atoms with E-state index in [1.54, 1.807) is 30.1 Å². The third-order valence-corrected chi connectivity index (χ3v) is 3.33. The lowest BCUT2D eigenvalue weighted by Crippen LogP contribution is -2.50. The first-order chi connectivity index (χ1) is 8.45. The van der Waals surface area contributed by atoms with Crippen molar-refractivity contribution in [3.05, 3.63) is 23.8 Å². The highest BCUT2D eigenvalue weighted by Gasteiger charge is 2.27. The van der Waals surface area contributed by atoms with E-state index in [1.165, 1.54) is 0 Å². The van der Waals surface area contributed by atoms with Gasteiger partial charge in [0, 0.05) is 24.7 Å². The second kappa shape index (κ2) is 4.49. The molecule has 5 heteroatoms. The van der Waals surface area contributed by atoms with Crippen molar-refractivity contribution in [2.45, 2.75) is 19.4 Å². The molecule has 0 radical (unpaired) electrons. The number of benzene rings is 1. The standard InChI is InChI=1S/C13H18N2O3/c1-13(2,7-14)15(3)12(16)9-4-5-10-11(6-9)18-8-17-10/h4-6H,7-8,14H2,1-3H3. The number of hydrogen-bond acceptors (Lipinski definition) is 4.